The number of anilines is 1. The predicted octanol–water partition coefficient (Wildman–Crippen LogP) is 2.32. The molecule has 11 nitrogen and oxygen atoms in total. The van der Waals surface area contributed by atoms with E-state index < -0.39 is 5.69 Å². The Morgan fingerprint density at radius 1 is 1.03 bits per heavy atom. The molecule has 5 aromatic rings. The summed E-state index contributed by atoms with van der Waals surface area (Å²) < 4.78 is 2.84. The molecule has 0 unspecified atom stereocenters. The van der Waals surface area contributed by atoms with Crippen molar-refractivity contribution in [2.45, 2.75) is 19.6 Å². The first-order valence-electron chi connectivity index (χ1n) is 12.8. The summed E-state index contributed by atoms with van der Waals surface area (Å²) in [5.74, 6) is 0. The van der Waals surface area contributed by atoms with Crippen molar-refractivity contribution in [3.63, 3.8) is 0 Å². The van der Waals surface area contributed by atoms with E-state index in [-0.39, 0.29) is 12.1 Å². The van der Waals surface area contributed by atoms with E-state index in [1.54, 1.807) is 35.1 Å². The molecule has 0 aliphatic carbocycles. The smallest absolute Gasteiger partial charge is 0.328 e. The summed E-state index contributed by atoms with van der Waals surface area (Å²) in [6, 6.07) is 14.7. The van der Waals surface area contributed by atoms with E-state index >= 15 is 0 Å². The minimum Gasteiger partial charge on any atom is -0.383 e. The molecular weight excluding hydrogens is 518 g/mol. The van der Waals surface area contributed by atoms with E-state index in [1.807, 2.05) is 30.5 Å². The maximum absolute atomic E-state index is 12.7. The Morgan fingerprint density at radius 2 is 1.87 bits per heavy atom. The van der Waals surface area contributed by atoms with Crippen LogP contribution in [0.25, 0.3) is 21.8 Å². The zero-order chi connectivity index (χ0) is 27.2. The Bertz CT molecular complexity index is 1690. The monoisotopic (exact) mass is 547 g/mol. The van der Waals surface area contributed by atoms with Crippen LogP contribution in [0.4, 0.5) is 5.69 Å². The number of aromatic amines is 1. The normalized spacial score (nSPS) is 11.6. The van der Waals surface area contributed by atoms with Gasteiger partial charge in [-0.25, -0.2) is 4.79 Å². The lowest BCUT2D eigenvalue weighted by molar-refractivity contribution is 0.343. The summed E-state index contributed by atoms with van der Waals surface area (Å²) >= 11 is 6.08. The number of nitrogens with zero attached hydrogens (tertiary/aromatic N) is 6. The Morgan fingerprint density at radius 3 is 2.77 bits per heavy atom. The Balaban J connectivity index is 1.03. The van der Waals surface area contributed by atoms with Gasteiger partial charge < -0.3 is 20.5 Å². The number of benzene rings is 2. The van der Waals surface area contributed by atoms with Crippen LogP contribution < -0.4 is 21.9 Å². The second kappa shape index (κ2) is 12.2. The highest BCUT2D eigenvalue weighted by atomic mass is 35.5. The van der Waals surface area contributed by atoms with Crippen molar-refractivity contribution >= 4 is 39.1 Å². The quantitative estimate of drug-likeness (QED) is 0.203. The lowest BCUT2D eigenvalue weighted by Gasteiger charge is -2.18. The molecule has 202 valence electrons. The molecule has 0 aliphatic heterocycles. The van der Waals surface area contributed by atoms with Crippen LogP contribution >= 0.6 is 11.6 Å². The number of hydrogen-bond acceptors (Lipinski definition) is 8. The Hall–Kier alpha value is -4.06. The molecule has 0 aliphatic rings. The zero-order valence-electron chi connectivity index (χ0n) is 21.6. The first-order chi connectivity index (χ1) is 19.0. The van der Waals surface area contributed by atoms with Crippen molar-refractivity contribution in [3.05, 3.63) is 92.5 Å². The summed E-state index contributed by atoms with van der Waals surface area (Å²) in [7, 11) is 2.08. The number of halogens is 1. The minimum atomic E-state index is -0.431. The fourth-order valence-corrected chi connectivity index (χ4v) is 4.55. The van der Waals surface area contributed by atoms with Crippen LogP contribution in [0.15, 0.2) is 70.5 Å². The molecule has 0 saturated carbocycles. The van der Waals surface area contributed by atoms with E-state index in [1.165, 1.54) is 4.57 Å². The van der Waals surface area contributed by atoms with E-state index in [0.717, 1.165) is 48.5 Å². The summed E-state index contributed by atoms with van der Waals surface area (Å²) in [5.41, 5.74) is 2.50. The van der Waals surface area contributed by atoms with Crippen molar-refractivity contribution < 1.29 is 0 Å². The predicted molar refractivity (Wildman–Crippen MR) is 153 cm³/mol. The van der Waals surface area contributed by atoms with Gasteiger partial charge in [0.25, 0.3) is 5.56 Å². The van der Waals surface area contributed by atoms with Crippen LogP contribution in [0.3, 0.4) is 0 Å². The Labute approximate surface area is 229 Å². The molecule has 12 heteroatoms. The topological polar surface area (TPSA) is 126 Å². The summed E-state index contributed by atoms with van der Waals surface area (Å²) in [5, 5.41) is 17.4. The average Bonchev–Trinajstić information content (AvgIpc) is 3.38. The SMILES string of the molecule is CN(CCNCc1cn(CCn2c(=O)[nH]c3ccccc3c2=O)nn1)CCNc1ccnc2cc(Cl)ccc12. The van der Waals surface area contributed by atoms with Gasteiger partial charge in [-0.3, -0.25) is 19.0 Å². The van der Waals surface area contributed by atoms with Crippen LogP contribution in [-0.2, 0) is 19.6 Å². The van der Waals surface area contributed by atoms with Gasteiger partial charge in [-0.05, 0) is 43.4 Å². The van der Waals surface area contributed by atoms with Crippen molar-refractivity contribution in [1.29, 1.82) is 0 Å². The van der Waals surface area contributed by atoms with Crippen molar-refractivity contribution in [2.24, 2.45) is 0 Å². The molecule has 3 aromatic heterocycles. The second-order valence-corrected chi connectivity index (χ2v) is 9.77. The number of likely N-dealkylation sites (N-methyl/N-ethyl adjacent to an activating group) is 1. The lowest BCUT2D eigenvalue weighted by Crippen LogP contribution is -2.36. The van der Waals surface area contributed by atoms with Crippen molar-refractivity contribution in [2.75, 3.05) is 38.5 Å². The molecule has 3 heterocycles. The molecule has 39 heavy (non-hydrogen) atoms. The molecule has 5 rings (SSSR count). The minimum absolute atomic E-state index is 0.205. The number of nitrogens with one attached hydrogen (secondary N) is 3. The highest BCUT2D eigenvalue weighted by Crippen LogP contribution is 2.24. The van der Waals surface area contributed by atoms with E-state index in [9.17, 15) is 9.59 Å². The van der Waals surface area contributed by atoms with Crippen LogP contribution in [0.2, 0.25) is 5.02 Å². The fraction of sp³-hybridized carbons (Fsp3) is 0.296. The molecular formula is C27H30ClN9O2. The molecule has 3 N–H and O–H groups in total. The third kappa shape index (κ3) is 6.51. The maximum Gasteiger partial charge on any atom is 0.328 e. The fourth-order valence-electron chi connectivity index (χ4n) is 4.39. The van der Waals surface area contributed by atoms with E-state index in [0.29, 0.717) is 29.0 Å². The van der Waals surface area contributed by atoms with Gasteiger partial charge >= 0.3 is 5.69 Å². The van der Waals surface area contributed by atoms with E-state index in [4.69, 9.17) is 11.6 Å². The Kier molecular flexibility index (Phi) is 8.30. The number of aromatic nitrogens is 6. The highest BCUT2D eigenvalue weighted by Gasteiger charge is 2.09. The first kappa shape index (κ1) is 26.5. The van der Waals surface area contributed by atoms with Gasteiger partial charge in [0, 0.05) is 61.2 Å². The number of aryl methyl sites for hydroxylation is 1. The third-order valence-corrected chi connectivity index (χ3v) is 6.75. The van der Waals surface area contributed by atoms with Crippen LogP contribution in [0.5, 0.6) is 0 Å². The van der Waals surface area contributed by atoms with Crippen molar-refractivity contribution in [3.8, 4) is 0 Å². The van der Waals surface area contributed by atoms with Gasteiger partial charge in [0.05, 0.1) is 35.2 Å². The second-order valence-electron chi connectivity index (χ2n) is 9.33. The van der Waals surface area contributed by atoms with Gasteiger partial charge in [-0.2, -0.15) is 0 Å². The van der Waals surface area contributed by atoms with Crippen LogP contribution in [-0.4, -0.2) is 67.7 Å². The van der Waals surface area contributed by atoms with Crippen LogP contribution in [0, 0.1) is 0 Å². The number of hydrogen-bond donors (Lipinski definition) is 3. The third-order valence-electron chi connectivity index (χ3n) is 6.52. The molecule has 0 radical (unpaired) electrons. The van der Waals surface area contributed by atoms with E-state index in [2.05, 4.69) is 42.9 Å². The first-order valence-corrected chi connectivity index (χ1v) is 13.1. The number of para-hydroxylation sites is 1. The standard InChI is InChI=1S/C27H30ClN9O2/c1-35(13-11-31-23-8-9-30-25-16-19(28)6-7-21(23)25)12-10-29-17-20-18-36(34-33-20)14-15-37-26(38)22-4-2-3-5-24(22)32-27(37)39/h2-9,16,18,29H,10-15,17H2,1H3,(H,30,31)(H,32,39). The molecule has 0 spiro atoms. The molecule has 0 amide bonds. The van der Waals surface area contributed by atoms with Gasteiger partial charge in [0.2, 0.25) is 0 Å². The number of H-pyrrole nitrogens is 1. The van der Waals surface area contributed by atoms with Gasteiger partial charge in [0.15, 0.2) is 0 Å². The summed E-state index contributed by atoms with van der Waals surface area (Å²) in [4.78, 5) is 34.4. The lowest BCUT2D eigenvalue weighted by atomic mass is 10.2. The van der Waals surface area contributed by atoms with Gasteiger partial charge in [-0.1, -0.05) is 28.9 Å². The summed E-state index contributed by atoms with van der Waals surface area (Å²) in [6.07, 6.45) is 3.61. The molecule has 0 bridgehead atoms. The zero-order valence-corrected chi connectivity index (χ0v) is 22.4. The molecule has 0 saturated heterocycles. The molecule has 0 atom stereocenters. The van der Waals surface area contributed by atoms with Crippen LogP contribution in [0.1, 0.15) is 5.69 Å². The molecule has 2 aromatic carbocycles. The number of rotatable bonds is 12. The molecule has 0 fully saturated rings. The summed E-state index contributed by atoms with van der Waals surface area (Å²) in [6.45, 7) is 4.49. The highest BCUT2D eigenvalue weighted by molar-refractivity contribution is 6.31. The van der Waals surface area contributed by atoms with Gasteiger partial charge in [-0.15, -0.1) is 5.10 Å². The average molecular weight is 548 g/mol. The number of pyridine rings is 1. The van der Waals surface area contributed by atoms with Gasteiger partial charge in [0.1, 0.15) is 0 Å². The number of fused-ring (bicyclic) bond motifs is 2. The van der Waals surface area contributed by atoms with Crippen molar-refractivity contribution in [1.82, 2.24) is 39.7 Å². The largest absolute Gasteiger partial charge is 0.383 e. The maximum atomic E-state index is 12.7.